The van der Waals surface area contributed by atoms with Gasteiger partial charge in [0.2, 0.25) is 10.0 Å². The molecule has 17 heavy (non-hydrogen) atoms. The van der Waals surface area contributed by atoms with Crippen molar-refractivity contribution in [1.82, 2.24) is 9.62 Å². The van der Waals surface area contributed by atoms with E-state index in [0.29, 0.717) is 19.4 Å². The Morgan fingerprint density at radius 1 is 1.24 bits per heavy atom. The van der Waals surface area contributed by atoms with E-state index in [2.05, 4.69) is 4.72 Å². The fourth-order valence-corrected chi connectivity index (χ4v) is 3.68. The number of hydrogen-bond donors (Lipinski definition) is 2. The van der Waals surface area contributed by atoms with E-state index in [1.165, 1.54) is 0 Å². The minimum atomic E-state index is -3.13. The van der Waals surface area contributed by atoms with E-state index in [1.807, 2.05) is 19.0 Å². The van der Waals surface area contributed by atoms with Crippen LogP contribution < -0.4 is 10.5 Å². The number of rotatable bonds is 6. The topological polar surface area (TPSA) is 75.4 Å². The van der Waals surface area contributed by atoms with E-state index in [9.17, 15) is 8.42 Å². The molecule has 0 bridgehead atoms. The maximum Gasteiger partial charge on any atom is 0.214 e. The third kappa shape index (κ3) is 5.33. The maximum absolute atomic E-state index is 12.0. The normalized spacial score (nSPS) is 26.4. The van der Waals surface area contributed by atoms with Crippen molar-refractivity contribution in [3.63, 3.8) is 0 Å². The molecule has 102 valence electrons. The lowest BCUT2D eigenvalue weighted by molar-refractivity contribution is 0.398. The van der Waals surface area contributed by atoms with Crippen LogP contribution in [-0.2, 0) is 10.0 Å². The monoisotopic (exact) mass is 263 g/mol. The second-order valence-corrected chi connectivity index (χ2v) is 7.18. The van der Waals surface area contributed by atoms with Gasteiger partial charge in [0.1, 0.15) is 0 Å². The third-order valence-corrected chi connectivity index (χ3v) is 5.20. The molecule has 0 radical (unpaired) electrons. The standard InChI is InChI=1S/C11H25N3O2S/c1-14(2)9-3-8-13-17(15,16)11-6-4-10(12)5-7-11/h10-11,13H,3-9,12H2,1-2H3. The van der Waals surface area contributed by atoms with Crippen molar-refractivity contribution in [2.24, 2.45) is 5.73 Å². The number of nitrogens with two attached hydrogens (primary N) is 1. The van der Waals surface area contributed by atoms with Crippen LogP contribution in [0, 0.1) is 0 Å². The molecule has 0 unspecified atom stereocenters. The van der Waals surface area contributed by atoms with Gasteiger partial charge in [-0.3, -0.25) is 0 Å². The predicted molar refractivity (Wildman–Crippen MR) is 70.3 cm³/mol. The number of nitrogens with zero attached hydrogens (tertiary/aromatic N) is 1. The summed E-state index contributed by atoms with van der Waals surface area (Å²) in [6.07, 6.45) is 3.89. The molecule has 0 spiro atoms. The highest BCUT2D eigenvalue weighted by molar-refractivity contribution is 7.90. The van der Waals surface area contributed by atoms with Crippen LogP contribution in [0.3, 0.4) is 0 Å². The lowest BCUT2D eigenvalue weighted by atomic mass is 9.96. The highest BCUT2D eigenvalue weighted by Gasteiger charge is 2.29. The Balaban J connectivity index is 2.30. The van der Waals surface area contributed by atoms with Crippen molar-refractivity contribution in [3.8, 4) is 0 Å². The van der Waals surface area contributed by atoms with Crippen LogP contribution in [0.5, 0.6) is 0 Å². The summed E-state index contributed by atoms with van der Waals surface area (Å²) < 4.78 is 26.6. The maximum atomic E-state index is 12.0. The van der Waals surface area contributed by atoms with Crippen LogP contribution in [0.15, 0.2) is 0 Å². The fourth-order valence-electron chi connectivity index (χ4n) is 2.13. The predicted octanol–water partition coefficient (Wildman–Crippen LogP) is 0.127. The van der Waals surface area contributed by atoms with Crippen LogP contribution in [0.4, 0.5) is 0 Å². The summed E-state index contributed by atoms with van der Waals surface area (Å²) in [6, 6.07) is 0.190. The fraction of sp³-hybridized carbons (Fsp3) is 1.00. The summed E-state index contributed by atoms with van der Waals surface area (Å²) in [5.41, 5.74) is 5.77. The summed E-state index contributed by atoms with van der Waals surface area (Å²) in [5.74, 6) is 0. The van der Waals surface area contributed by atoms with Crippen LogP contribution in [0.2, 0.25) is 0 Å². The van der Waals surface area contributed by atoms with Crippen molar-refractivity contribution in [3.05, 3.63) is 0 Å². The van der Waals surface area contributed by atoms with Gasteiger partial charge in [-0.25, -0.2) is 13.1 Å². The van der Waals surface area contributed by atoms with Crippen molar-refractivity contribution in [2.75, 3.05) is 27.2 Å². The Kier molecular flexibility index (Phi) is 5.85. The van der Waals surface area contributed by atoms with E-state index in [1.54, 1.807) is 0 Å². The Labute approximate surface area is 105 Å². The van der Waals surface area contributed by atoms with Gasteiger partial charge in [-0.15, -0.1) is 0 Å². The third-order valence-electron chi connectivity index (χ3n) is 3.24. The molecule has 0 amide bonds. The number of nitrogens with one attached hydrogen (secondary N) is 1. The van der Waals surface area contributed by atoms with E-state index in [-0.39, 0.29) is 11.3 Å². The SMILES string of the molecule is CN(C)CCCNS(=O)(=O)C1CCC(N)CC1. The molecule has 6 heteroatoms. The van der Waals surface area contributed by atoms with Crippen molar-refractivity contribution in [1.29, 1.82) is 0 Å². The molecule has 1 fully saturated rings. The second-order valence-electron chi connectivity index (χ2n) is 5.13. The molecule has 5 nitrogen and oxygen atoms in total. The first-order chi connectivity index (χ1) is 7.92. The first-order valence-electron chi connectivity index (χ1n) is 6.30. The molecular weight excluding hydrogens is 238 g/mol. The van der Waals surface area contributed by atoms with E-state index >= 15 is 0 Å². The van der Waals surface area contributed by atoms with Gasteiger partial charge in [0, 0.05) is 12.6 Å². The Hall–Kier alpha value is -0.170. The van der Waals surface area contributed by atoms with Gasteiger partial charge >= 0.3 is 0 Å². The zero-order valence-electron chi connectivity index (χ0n) is 10.9. The van der Waals surface area contributed by atoms with Gasteiger partial charge in [0.05, 0.1) is 5.25 Å². The van der Waals surface area contributed by atoms with Crippen molar-refractivity contribution < 1.29 is 8.42 Å². The second kappa shape index (κ2) is 6.68. The van der Waals surface area contributed by atoms with Gasteiger partial charge in [-0.1, -0.05) is 0 Å². The first kappa shape index (κ1) is 14.9. The molecule has 1 aliphatic carbocycles. The molecular formula is C11H25N3O2S. The quantitative estimate of drug-likeness (QED) is 0.668. The largest absolute Gasteiger partial charge is 0.328 e. The summed E-state index contributed by atoms with van der Waals surface area (Å²) in [5, 5.41) is -0.235. The summed E-state index contributed by atoms with van der Waals surface area (Å²) >= 11 is 0. The zero-order valence-corrected chi connectivity index (χ0v) is 11.7. The molecule has 0 saturated heterocycles. The Morgan fingerprint density at radius 3 is 2.35 bits per heavy atom. The lowest BCUT2D eigenvalue weighted by Gasteiger charge is -2.26. The Morgan fingerprint density at radius 2 is 1.82 bits per heavy atom. The molecule has 0 heterocycles. The molecule has 1 saturated carbocycles. The summed E-state index contributed by atoms with van der Waals surface area (Å²) in [7, 11) is 0.838. The van der Waals surface area contributed by atoms with Gasteiger partial charge in [-0.05, 0) is 52.7 Å². The minimum absolute atomic E-state index is 0.190. The molecule has 1 aliphatic rings. The number of hydrogen-bond acceptors (Lipinski definition) is 4. The van der Waals surface area contributed by atoms with Crippen LogP contribution in [0.25, 0.3) is 0 Å². The minimum Gasteiger partial charge on any atom is -0.328 e. The average Bonchev–Trinajstić information content (AvgIpc) is 2.25. The molecule has 0 aliphatic heterocycles. The van der Waals surface area contributed by atoms with Gasteiger partial charge in [0.25, 0.3) is 0 Å². The first-order valence-corrected chi connectivity index (χ1v) is 7.85. The number of sulfonamides is 1. The van der Waals surface area contributed by atoms with E-state index in [4.69, 9.17) is 5.73 Å². The van der Waals surface area contributed by atoms with Gasteiger partial charge < -0.3 is 10.6 Å². The molecule has 0 atom stereocenters. The summed E-state index contributed by atoms with van der Waals surface area (Å²) in [4.78, 5) is 2.05. The molecule has 0 aromatic rings. The molecule has 0 aromatic heterocycles. The molecule has 1 rings (SSSR count). The van der Waals surface area contributed by atoms with Crippen molar-refractivity contribution >= 4 is 10.0 Å². The van der Waals surface area contributed by atoms with E-state index < -0.39 is 10.0 Å². The Bertz CT molecular complexity index is 309. The van der Waals surface area contributed by atoms with Crippen molar-refractivity contribution in [2.45, 2.75) is 43.4 Å². The van der Waals surface area contributed by atoms with Gasteiger partial charge in [-0.2, -0.15) is 0 Å². The lowest BCUT2D eigenvalue weighted by Crippen LogP contribution is -2.40. The van der Waals surface area contributed by atoms with Crippen LogP contribution >= 0.6 is 0 Å². The smallest absolute Gasteiger partial charge is 0.214 e. The highest BCUT2D eigenvalue weighted by Crippen LogP contribution is 2.22. The van der Waals surface area contributed by atoms with E-state index in [0.717, 1.165) is 25.8 Å². The highest BCUT2D eigenvalue weighted by atomic mass is 32.2. The van der Waals surface area contributed by atoms with Crippen LogP contribution in [-0.4, -0.2) is 51.8 Å². The van der Waals surface area contributed by atoms with Crippen LogP contribution in [0.1, 0.15) is 32.1 Å². The molecule has 3 N–H and O–H groups in total. The van der Waals surface area contributed by atoms with Gasteiger partial charge in [0.15, 0.2) is 0 Å². The zero-order chi connectivity index (χ0) is 12.9. The molecule has 0 aromatic carbocycles. The summed E-state index contributed by atoms with van der Waals surface area (Å²) in [6.45, 7) is 1.43. The average molecular weight is 263 g/mol.